The maximum atomic E-state index is 5.06. The first kappa shape index (κ1) is 14.0. The molecule has 2 aromatic rings. The molecule has 0 atom stereocenters. The average molecular weight is 277 g/mol. The van der Waals surface area contributed by atoms with Crippen molar-refractivity contribution in [1.29, 1.82) is 0 Å². The van der Waals surface area contributed by atoms with Gasteiger partial charge in [0, 0.05) is 31.9 Å². The predicted molar refractivity (Wildman–Crippen MR) is 75.8 cm³/mol. The van der Waals surface area contributed by atoms with Crippen LogP contribution in [-0.4, -0.2) is 38.4 Å². The lowest BCUT2D eigenvalue weighted by molar-refractivity contribution is 0.379. The first-order valence-electron chi connectivity index (χ1n) is 6.39. The average Bonchev–Trinajstić information content (AvgIpc) is 2.75. The van der Waals surface area contributed by atoms with Crippen LogP contribution >= 0.6 is 0 Å². The molecule has 2 heterocycles. The Hall–Kier alpha value is -2.38. The lowest BCUT2D eigenvalue weighted by Crippen LogP contribution is -2.10. The number of nitrogens with zero attached hydrogens (tertiary/aromatic N) is 5. The second-order valence-electron chi connectivity index (χ2n) is 4.27. The SMILES string of the molecule is CCNc1nc(NCc2cn(C)nc2C)nc(OC)n1. The summed E-state index contributed by atoms with van der Waals surface area (Å²) in [7, 11) is 3.42. The van der Waals surface area contributed by atoms with Crippen LogP contribution in [-0.2, 0) is 13.6 Å². The maximum absolute atomic E-state index is 5.06. The van der Waals surface area contributed by atoms with Gasteiger partial charge in [-0.3, -0.25) is 4.68 Å². The second-order valence-corrected chi connectivity index (χ2v) is 4.27. The molecule has 2 rings (SSSR count). The Morgan fingerprint density at radius 3 is 2.45 bits per heavy atom. The zero-order chi connectivity index (χ0) is 14.5. The van der Waals surface area contributed by atoms with Crippen LogP contribution in [0.4, 0.5) is 11.9 Å². The van der Waals surface area contributed by atoms with E-state index in [1.54, 1.807) is 4.68 Å². The van der Waals surface area contributed by atoms with Gasteiger partial charge in [-0.1, -0.05) is 0 Å². The van der Waals surface area contributed by atoms with Crippen LogP contribution in [0.25, 0.3) is 0 Å². The summed E-state index contributed by atoms with van der Waals surface area (Å²) in [5, 5.41) is 10.5. The van der Waals surface area contributed by atoms with Crippen molar-refractivity contribution < 1.29 is 4.74 Å². The van der Waals surface area contributed by atoms with Crippen molar-refractivity contribution in [2.75, 3.05) is 24.3 Å². The number of hydrogen-bond acceptors (Lipinski definition) is 7. The first-order valence-corrected chi connectivity index (χ1v) is 6.39. The highest BCUT2D eigenvalue weighted by Gasteiger charge is 2.08. The molecule has 2 N–H and O–H groups in total. The Kier molecular flexibility index (Phi) is 4.34. The molecular formula is C12H19N7O. The smallest absolute Gasteiger partial charge is 0.322 e. The fourth-order valence-corrected chi connectivity index (χ4v) is 1.76. The maximum Gasteiger partial charge on any atom is 0.322 e. The normalized spacial score (nSPS) is 10.4. The van der Waals surface area contributed by atoms with Gasteiger partial charge in [-0.2, -0.15) is 20.1 Å². The van der Waals surface area contributed by atoms with Crippen LogP contribution in [0.3, 0.4) is 0 Å². The minimum atomic E-state index is 0.279. The molecule has 0 aliphatic heterocycles. The molecule has 8 nitrogen and oxygen atoms in total. The third kappa shape index (κ3) is 3.34. The monoisotopic (exact) mass is 277 g/mol. The number of aromatic nitrogens is 5. The summed E-state index contributed by atoms with van der Waals surface area (Å²) < 4.78 is 6.85. The minimum Gasteiger partial charge on any atom is -0.467 e. The molecule has 0 fully saturated rings. The summed E-state index contributed by atoms with van der Waals surface area (Å²) in [6.45, 7) is 5.27. The Morgan fingerprint density at radius 2 is 1.90 bits per heavy atom. The molecule has 0 unspecified atom stereocenters. The molecule has 0 amide bonds. The minimum absolute atomic E-state index is 0.279. The predicted octanol–water partition coefficient (Wildman–Crippen LogP) is 0.966. The van der Waals surface area contributed by atoms with Crippen LogP contribution in [0.5, 0.6) is 6.01 Å². The van der Waals surface area contributed by atoms with Crippen molar-refractivity contribution in [3.05, 3.63) is 17.5 Å². The van der Waals surface area contributed by atoms with E-state index in [-0.39, 0.29) is 6.01 Å². The quantitative estimate of drug-likeness (QED) is 0.813. The number of rotatable bonds is 6. The number of methoxy groups -OCH3 is 1. The summed E-state index contributed by atoms with van der Waals surface area (Å²) in [4.78, 5) is 12.5. The van der Waals surface area contributed by atoms with E-state index in [2.05, 4.69) is 30.7 Å². The standard InChI is InChI=1S/C12H19N7O/c1-5-13-10-15-11(17-12(16-10)20-4)14-6-9-7-19(3)18-8(9)2/h7H,5-6H2,1-4H3,(H2,13,14,15,16,17). The Bertz CT molecular complexity index is 581. The fraction of sp³-hybridized carbons (Fsp3) is 0.500. The van der Waals surface area contributed by atoms with Gasteiger partial charge >= 0.3 is 6.01 Å². The Labute approximate surface area is 117 Å². The van der Waals surface area contributed by atoms with Crippen molar-refractivity contribution in [1.82, 2.24) is 24.7 Å². The lowest BCUT2D eigenvalue weighted by atomic mass is 10.3. The third-order valence-corrected chi connectivity index (χ3v) is 2.68. The zero-order valence-corrected chi connectivity index (χ0v) is 12.1. The first-order chi connectivity index (χ1) is 9.62. The summed E-state index contributed by atoms with van der Waals surface area (Å²) in [5.74, 6) is 0.959. The zero-order valence-electron chi connectivity index (χ0n) is 12.1. The van der Waals surface area contributed by atoms with Gasteiger partial charge in [0.2, 0.25) is 11.9 Å². The van der Waals surface area contributed by atoms with E-state index in [9.17, 15) is 0 Å². The van der Waals surface area contributed by atoms with E-state index in [1.807, 2.05) is 27.1 Å². The van der Waals surface area contributed by atoms with E-state index < -0.39 is 0 Å². The van der Waals surface area contributed by atoms with Crippen LogP contribution in [0.1, 0.15) is 18.2 Å². The molecule has 8 heteroatoms. The van der Waals surface area contributed by atoms with Gasteiger partial charge in [0.15, 0.2) is 0 Å². The molecule has 0 aliphatic carbocycles. The van der Waals surface area contributed by atoms with Crippen molar-refractivity contribution in [3.63, 3.8) is 0 Å². The molecule has 0 spiro atoms. The number of anilines is 2. The molecular weight excluding hydrogens is 258 g/mol. The second kappa shape index (κ2) is 6.18. The Balaban J connectivity index is 2.12. The molecule has 0 saturated carbocycles. The van der Waals surface area contributed by atoms with E-state index in [1.165, 1.54) is 7.11 Å². The van der Waals surface area contributed by atoms with Crippen LogP contribution in [0.2, 0.25) is 0 Å². The van der Waals surface area contributed by atoms with Gasteiger partial charge < -0.3 is 15.4 Å². The molecule has 108 valence electrons. The fourth-order valence-electron chi connectivity index (χ4n) is 1.76. The topological polar surface area (TPSA) is 89.8 Å². The molecule has 0 aromatic carbocycles. The van der Waals surface area contributed by atoms with Gasteiger partial charge in [-0.25, -0.2) is 0 Å². The summed E-state index contributed by atoms with van der Waals surface area (Å²) in [6.07, 6.45) is 1.96. The molecule has 0 saturated heterocycles. The molecule has 0 aliphatic rings. The van der Waals surface area contributed by atoms with Gasteiger partial charge in [0.25, 0.3) is 0 Å². The van der Waals surface area contributed by atoms with Crippen LogP contribution in [0, 0.1) is 6.92 Å². The van der Waals surface area contributed by atoms with E-state index in [4.69, 9.17) is 4.74 Å². The van der Waals surface area contributed by atoms with E-state index in [0.29, 0.717) is 18.4 Å². The highest BCUT2D eigenvalue weighted by Crippen LogP contribution is 2.12. The highest BCUT2D eigenvalue weighted by molar-refractivity contribution is 5.36. The van der Waals surface area contributed by atoms with Crippen LogP contribution in [0.15, 0.2) is 6.20 Å². The largest absolute Gasteiger partial charge is 0.467 e. The Morgan fingerprint density at radius 1 is 1.20 bits per heavy atom. The highest BCUT2D eigenvalue weighted by atomic mass is 16.5. The van der Waals surface area contributed by atoms with Crippen molar-refractivity contribution in [2.45, 2.75) is 20.4 Å². The van der Waals surface area contributed by atoms with Gasteiger partial charge in [0.1, 0.15) is 0 Å². The summed E-state index contributed by atoms with van der Waals surface area (Å²) in [5.41, 5.74) is 2.07. The van der Waals surface area contributed by atoms with Crippen molar-refractivity contribution >= 4 is 11.9 Å². The third-order valence-electron chi connectivity index (χ3n) is 2.68. The summed E-state index contributed by atoms with van der Waals surface area (Å²) in [6, 6.07) is 0.279. The van der Waals surface area contributed by atoms with Crippen LogP contribution < -0.4 is 15.4 Å². The molecule has 2 aromatic heterocycles. The molecule has 20 heavy (non-hydrogen) atoms. The van der Waals surface area contributed by atoms with Crippen molar-refractivity contribution in [2.24, 2.45) is 7.05 Å². The summed E-state index contributed by atoms with van der Waals surface area (Å²) >= 11 is 0. The van der Waals surface area contributed by atoms with Gasteiger partial charge in [-0.05, 0) is 13.8 Å². The molecule has 0 bridgehead atoms. The number of nitrogens with one attached hydrogen (secondary N) is 2. The lowest BCUT2D eigenvalue weighted by Gasteiger charge is -2.08. The van der Waals surface area contributed by atoms with E-state index in [0.717, 1.165) is 17.8 Å². The number of aryl methyl sites for hydroxylation is 2. The molecule has 0 radical (unpaired) electrons. The number of ether oxygens (including phenoxy) is 1. The van der Waals surface area contributed by atoms with Crippen molar-refractivity contribution in [3.8, 4) is 6.01 Å². The van der Waals surface area contributed by atoms with Gasteiger partial charge in [-0.15, -0.1) is 0 Å². The van der Waals surface area contributed by atoms with E-state index >= 15 is 0 Å². The van der Waals surface area contributed by atoms with Gasteiger partial charge in [0.05, 0.1) is 12.8 Å². The number of hydrogen-bond donors (Lipinski definition) is 2.